The Morgan fingerprint density at radius 1 is 0.969 bits per heavy atom. The summed E-state index contributed by atoms with van der Waals surface area (Å²) in [6.45, 7) is 6.81. The number of thiophene rings is 1. The molecule has 2 aromatic carbocycles. The van der Waals surface area contributed by atoms with Gasteiger partial charge in [-0.15, -0.1) is 0 Å². The fourth-order valence-corrected chi connectivity index (χ4v) is 4.31. The monoisotopic (exact) mass is 451 g/mol. The number of amides is 1. The van der Waals surface area contributed by atoms with Crippen molar-refractivity contribution in [1.82, 2.24) is 4.90 Å². The minimum Gasteiger partial charge on any atom is -0.491 e. The number of benzene rings is 2. The largest absolute Gasteiger partial charge is 0.491 e. The van der Waals surface area contributed by atoms with Crippen LogP contribution in [-0.2, 0) is 4.74 Å². The van der Waals surface area contributed by atoms with Crippen LogP contribution in [0.15, 0.2) is 65.4 Å². The number of carbonyl (C=O) groups excluding carboxylic acids is 1. The number of hydrogen-bond donors (Lipinski definition) is 0. The zero-order chi connectivity index (χ0) is 22.6. The maximum Gasteiger partial charge on any atom is 0.410 e. The summed E-state index contributed by atoms with van der Waals surface area (Å²) in [5.41, 5.74) is 1.90. The van der Waals surface area contributed by atoms with E-state index in [2.05, 4.69) is 29.0 Å². The highest BCUT2D eigenvalue weighted by Gasteiger charge is 2.32. The van der Waals surface area contributed by atoms with Crippen LogP contribution in [0.1, 0.15) is 33.6 Å². The van der Waals surface area contributed by atoms with Gasteiger partial charge in [-0.05, 0) is 98.0 Å². The van der Waals surface area contributed by atoms with Crippen LogP contribution in [0.25, 0.3) is 11.1 Å². The molecule has 0 spiro atoms. The Morgan fingerprint density at radius 2 is 1.62 bits per heavy atom. The van der Waals surface area contributed by atoms with Gasteiger partial charge in [-0.2, -0.15) is 11.3 Å². The van der Waals surface area contributed by atoms with E-state index in [-0.39, 0.29) is 12.1 Å². The lowest BCUT2D eigenvalue weighted by molar-refractivity contribution is 0.0187. The zero-order valence-corrected chi connectivity index (χ0v) is 19.6. The Morgan fingerprint density at radius 3 is 2.25 bits per heavy atom. The van der Waals surface area contributed by atoms with Gasteiger partial charge in [0, 0.05) is 6.54 Å². The topological polar surface area (TPSA) is 48.0 Å². The average Bonchev–Trinajstić information content (AvgIpc) is 3.45. The lowest BCUT2D eigenvalue weighted by Gasteiger charge is -2.28. The van der Waals surface area contributed by atoms with Crippen LogP contribution < -0.4 is 9.47 Å². The molecule has 0 aliphatic carbocycles. The molecule has 5 nitrogen and oxygen atoms in total. The highest BCUT2D eigenvalue weighted by molar-refractivity contribution is 7.08. The number of ether oxygens (including phenoxy) is 3. The molecule has 0 N–H and O–H groups in total. The van der Waals surface area contributed by atoms with Crippen molar-refractivity contribution in [2.75, 3.05) is 13.2 Å². The Labute approximate surface area is 193 Å². The van der Waals surface area contributed by atoms with Gasteiger partial charge in [-0.3, -0.25) is 0 Å². The number of likely N-dealkylation sites (tertiary alicyclic amines) is 1. The molecule has 168 valence electrons. The van der Waals surface area contributed by atoms with Gasteiger partial charge >= 0.3 is 6.09 Å². The molecule has 2 heterocycles. The summed E-state index contributed by atoms with van der Waals surface area (Å²) < 4.78 is 17.4. The number of carbonyl (C=O) groups is 1. The molecule has 1 saturated heterocycles. The van der Waals surface area contributed by atoms with Gasteiger partial charge in [0.15, 0.2) is 0 Å². The molecule has 1 amide bonds. The standard InChI is InChI=1S/C26H29NO4S/c1-26(2,3)31-25(28)27-15-4-5-21(27)17-29-22-10-12-24(13-11-22)30-23-8-6-19(7-9-23)20-14-16-32-18-20/h6-14,16,18,21H,4-5,15,17H2,1-3H3/t21-/m1/s1. The van der Waals surface area contributed by atoms with Gasteiger partial charge < -0.3 is 19.1 Å². The van der Waals surface area contributed by atoms with Crippen molar-refractivity contribution < 1.29 is 19.0 Å². The smallest absolute Gasteiger partial charge is 0.410 e. The van der Waals surface area contributed by atoms with Gasteiger partial charge in [0.2, 0.25) is 0 Å². The second kappa shape index (κ2) is 9.65. The summed E-state index contributed by atoms with van der Waals surface area (Å²) in [6, 6.07) is 17.8. The van der Waals surface area contributed by atoms with Crippen molar-refractivity contribution >= 4 is 17.4 Å². The molecule has 1 aliphatic rings. The first-order valence-electron chi connectivity index (χ1n) is 10.9. The molecule has 0 saturated carbocycles. The summed E-state index contributed by atoms with van der Waals surface area (Å²) >= 11 is 1.69. The molecule has 1 atom stereocenters. The SMILES string of the molecule is CC(C)(C)OC(=O)N1CCC[C@@H]1COc1ccc(Oc2ccc(-c3ccsc3)cc2)cc1. The third-order valence-electron chi connectivity index (χ3n) is 5.22. The second-order valence-electron chi connectivity index (χ2n) is 8.89. The maximum absolute atomic E-state index is 12.4. The molecule has 0 radical (unpaired) electrons. The summed E-state index contributed by atoms with van der Waals surface area (Å²) in [6.07, 6.45) is 1.62. The predicted molar refractivity (Wildman–Crippen MR) is 128 cm³/mol. The molecule has 32 heavy (non-hydrogen) atoms. The van der Waals surface area contributed by atoms with Gasteiger partial charge in [-0.25, -0.2) is 4.79 Å². The highest BCUT2D eigenvalue weighted by Crippen LogP contribution is 2.28. The molecule has 4 rings (SSSR count). The van der Waals surface area contributed by atoms with E-state index in [0.29, 0.717) is 13.2 Å². The van der Waals surface area contributed by atoms with Crippen molar-refractivity contribution in [2.45, 2.75) is 45.3 Å². The third kappa shape index (κ3) is 5.82. The summed E-state index contributed by atoms with van der Waals surface area (Å²) in [4.78, 5) is 14.2. The minimum absolute atomic E-state index is 0.0301. The fourth-order valence-electron chi connectivity index (χ4n) is 3.65. The van der Waals surface area contributed by atoms with E-state index in [1.807, 2.05) is 57.2 Å². The van der Waals surface area contributed by atoms with Gasteiger partial charge in [0.25, 0.3) is 0 Å². The number of nitrogens with zero attached hydrogens (tertiary/aromatic N) is 1. The molecule has 6 heteroatoms. The normalized spacial score (nSPS) is 16.1. The summed E-state index contributed by atoms with van der Waals surface area (Å²) in [5.74, 6) is 2.29. The van der Waals surface area contributed by atoms with Gasteiger partial charge in [-0.1, -0.05) is 12.1 Å². The highest BCUT2D eigenvalue weighted by atomic mass is 32.1. The van der Waals surface area contributed by atoms with E-state index >= 15 is 0 Å². The molecule has 0 bridgehead atoms. The third-order valence-corrected chi connectivity index (χ3v) is 5.90. The summed E-state index contributed by atoms with van der Waals surface area (Å²) in [5, 5.41) is 4.21. The van der Waals surface area contributed by atoms with Crippen LogP contribution in [0.2, 0.25) is 0 Å². The molecule has 0 unspecified atom stereocenters. The van der Waals surface area contributed by atoms with Crippen LogP contribution in [-0.4, -0.2) is 35.8 Å². The van der Waals surface area contributed by atoms with E-state index in [4.69, 9.17) is 14.2 Å². The molecular formula is C26H29NO4S. The molecule has 1 fully saturated rings. The number of rotatable bonds is 6. The minimum atomic E-state index is -0.495. The predicted octanol–water partition coefficient (Wildman–Crippen LogP) is 6.99. The van der Waals surface area contributed by atoms with Crippen LogP contribution in [0.5, 0.6) is 17.2 Å². The Balaban J connectivity index is 1.30. The van der Waals surface area contributed by atoms with Gasteiger partial charge in [0.05, 0.1) is 6.04 Å². The average molecular weight is 452 g/mol. The first kappa shape index (κ1) is 22.2. The number of hydrogen-bond acceptors (Lipinski definition) is 5. The van der Waals surface area contributed by atoms with Crippen molar-refractivity contribution in [3.63, 3.8) is 0 Å². The van der Waals surface area contributed by atoms with Crippen molar-refractivity contribution in [1.29, 1.82) is 0 Å². The quantitative estimate of drug-likeness (QED) is 0.405. The van der Waals surface area contributed by atoms with Crippen molar-refractivity contribution in [3.8, 4) is 28.4 Å². The molecule has 1 aromatic heterocycles. The lowest BCUT2D eigenvalue weighted by atomic mass is 10.1. The van der Waals surface area contributed by atoms with Crippen molar-refractivity contribution in [3.05, 3.63) is 65.4 Å². The second-order valence-corrected chi connectivity index (χ2v) is 9.67. The van der Waals surface area contributed by atoms with Crippen LogP contribution >= 0.6 is 11.3 Å². The Hall–Kier alpha value is -2.99. The zero-order valence-electron chi connectivity index (χ0n) is 18.7. The van der Waals surface area contributed by atoms with Crippen molar-refractivity contribution in [2.24, 2.45) is 0 Å². The lowest BCUT2D eigenvalue weighted by Crippen LogP contribution is -2.42. The molecule has 1 aliphatic heterocycles. The first-order valence-corrected chi connectivity index (χ1v) is 11.8. The first-order chi connectivity index (χ1) is 15.4. The summed E-state index contributed by atoms with van der Waals surface area (Å²) in [7, 11) is 0. The van der Waals surface area contributed by atoms with Crippen LogP contribution in [0.4, 0.5) is 4.79 Å². The maximum atomic E-state index is 12.4. The van der Waals surface area contributed by atoms with E-state index in [9.17, 15) is 4.79 Å². The fraction of sp³-hybridized carbons (Fsp3) is 0.346. The van der Waals surface area contributed by atoms with Gasteiger partial charge in [0.1, 0.15) is 29.5 Å². The van der Waals surface area contributed by atoms with Crippen LogP contribution in [0, 0.1) is 0 Å². The van der Waals surface area contributed by atoms with E-state index in [1.54, 1.807) is 16.2 Å². The molecular weight excluding hydrogens is 422 g/mol. The van der Waals surface area contributed by atoms with Crippen LogP contribution in [0.3, 0.4) is 0 Å². The molecule has 3 aromatic rings. The Kier molecular flexibility index (Phi) is 6.70. The van der Waals surface area contributed by atoms with E-state index in [0.717, 1.165) is 30.1 Å². The van der Waals surface area contributed by atoms with E-state index < -0.39 is 5.60 Å². The Bertz CT molecular complexity index is 1010. The van der Waals surface area contributed by atoms with E-state index in [1.165, 1.54) is 11.1 Å².